The zero-order chi connectivity index (χ0) is 13.7. The van der Waals surface area contributed by atoms with E-state index in [2.05, 4.69) is 32.0 Å². The maximum absolute atomic E-state index is 12.2. The molecule has 98 valence electrons. The molecule has 0 amide bonds. The number of aryl methyl sites for hydroxylation is 3. The Balaban J connectivity index is 2.03. The molecule has 0 aliphatic heterocycles. The quantitative estimate of drug-likeness (QED) is 0.722. The molecule has 0 atom stereocenters. The third-order valence-electron chi connectivity index (χ3n) is 3.54. The van der Waals surface area contributed by atoms with Crippen LogP contribution in [0.25, 0.3) is 0 Å². The Kier molecular flexibility index (Phi) is 4.51. The second kappa shape index (κ2) is 6.33. The third kappa shape index (κ3) is 3.54. The Hall–Kier alpha value is -1.89. The van der Waals surface area contributed by atoms with Gasteiger partial charge in [0.15, 0.2) is 5.78 Å². The molecule has 0 spiro atoms. The van der Waals surface area contributed by atoms with Crippen LogP contribution in [0.2, 0.25) is 0 Å². The van der Waals surface area contributed by atoms with Crippen LogP contribution in [0, 0.1) is 6.92 Å². The molecule has 0 unspecified atom stereocenters. The van der Waals surface area contributed by atoms with Crippen LogP contribution in [0.5, 0.6) is 0 Å². The molecule has 2 aromatic carbocycles. The van der Waals surface area contributed by atoms with Crippen molar-refractivity contribution in [3.8, 4) is 0 Å². The van der Waals surface area contributed by atoms with E-state index in [9.17, 15) is 4.79 Å². The van der Waals surface area contributed by atoms with Gasteiger partial charge in [0.1, 0.15) is 0 Å². The highest BCUT2D eigenvalue weighted by Crippen LogP contribution is 2.13. The first kappa shape index (κ1) is 13.5. The molecule has 1 heteroatoms. The van der Waals surface area contributed by atoms with Crippen LogP contribution in [-0.4, -0.2) is 5.78 Å². The Labute approximate surface area is 115 Å². The van der Waals surface area contributed by atoms with Crippen molar-refractivity contribution in [2.24, 2.45) is 0 Å². The lowest BCUT2D eigenvalue weighted by Gasteiger charge is -2.06. The minimum atomic E-state index is 0.235. The molecule has 0 N–H and O–H groups in total. The molecule has 0 aromatic heterocycles. The van der Waals surface area contributed by atoms with Gasteiger partial charge in [-0.1, -0.05) is 49.4 Å². The summed E-state index contributed by atoms with van der Waals surface area (Å²) in [5.74, 6) is 0.235. The van der Waals surface area contributed by atoms with E-state index < -0.39 is 0 Å². The topological polar surface area (TPSA) is 17.1 Å². The number of benzene rings is 2. The van der Waals surface area contributed by atoms with E-state index in [0.717, 1.165) is 18.4 Å². The fourth-order valence-electron chi connectivity index (χ4n) is 2.25. The molecule has 2 aromatic rings. The predicted molar refractivity (Wildman–Crippen MR) is 79.7 cm³/mol. The second-order valence-electron chi connectivity index (χ2n) is 4.90. The van der Waals surface area contributed by atoms with Crippen molar-refractivity contribution in [3.05, 3.63) is 70.8 Å². The number of carbonyl (C=O) groups is 1. The highest BCUT2D eigenvalue weighted by atomic mass is 16.1. The van der Waals surface area contributed by atoms with Gasteiger partial charge in [0.2, 0.25) is 0 Å². The largest absolute Gasteiger partial charge is 0.294 e. The molecular weight excluding hydrogens is 232 g/mol. The van der Waals surface area contributed by atoms with Gasteiger partial charge in [-0.15, -0.1) is 0 Å². The van der Waals surface area contributed by atoms with E-state index in [1.165, 1.54) is 16.7 Å². The molecular formula is C18H20O. The van der Waals surface area contributed by atoms with Crippen LogP contribution in [-0.2, 0) is 12.8 Å². The maximum Gasteiger partial charge on any atom is 0.163 e. The number of carbonyl (C=O) groups excluding carboxylic acids is 1. The molecule has 0 aliphatic rings. The zero-order valence-electron chi connectivity index (χ0n) is 11.6. The maximum atomic E-state index is 12.2. The lowest BCUT2D eigenvalue weighted by Crippen LogP contribution is -2.02. The summed E-state index contributed by atoms with van der Waals surface area (Å²) in [7, 11) is 0. The molecule has 1 nitrogen and oxygen atoms in total. The van der Waals surface area contributed by atoms with Gasteiger partial charge in [-0.25, -0.2) is 0 Å². The van der Waals surface area contributed by atoms with Gasteiger partial charge >= 0.3 is 0 Å². The molecule has 0 bridgehead atoms. The van der Waals surface area contributed by atoms with Crippen LogP contribution >= 0.6 is 0 Å². The molecule has 0 saturated carbocycles. The Morgan fingerprint density at radius 3 is 2.58 bits per heavy atom. The first-order valence-corrected chi connectivity index (χ1v) is 6.87. The first-order valence-electron chi connectivity index (χ1n) is 6.87. The molecule has 0 aliphatic carbocycles. The minimum Gasteiger partial charge on any atom is -0.294 e. The van der Waals surface area contributed by atoms with E-state index in [4.69, 9.17) is 0 Å². The number of rotatable bonds is 5. The average Bonchev–Trinajstić information content (AvgIpc) is 2.46. The number of Topliss-reactive ketones (excluding diaryl/α,β-unsaturated/α-hetero) is 1. The molecule has 0 radical (unpaired) electrons. The first-order chi connectivity index (χ1) is 9.20. The highest BCUT2D eigenvalue weighted by Gasteiger charge is 2.07. The normalized spacial score (nSPS) is 10.4. The van der Waals surface area contributed by atoms with Crippen molar-refractivity contribution in [2.75, 3.05) is 0 Å². The standard InChI is InChI=1S/C18H20O/c1-3-15-8-6-10-17(13-15)18(19)12-11-16-9-5-4-7-14(16)2/h4-10,13H,3,11-12H2,1-2H3. The molecule has 0 fully saturated rings. The summed E-state index contributed by atoms with van der Waals surface area (Å²) in [6.45, 7) is 4.20. The van der Waals surface area contributed by atoms with Crippen LogP contribution < -0.4 is 0 Å². The van der Waals surface area contributed by atoms with Crippen LogP contribution in [0.15, 0.2) is 48.5 Å². The fourth-order valence-corrected chi connectivity index (χ4v) is 2.25. The van der Waals surface area contributed by atoms with Gasteiger partial charge in [-0.3, -0.25) is 4.79 Å². The van der Waals surface area contributed by atoms with Gasteiger partial charge in [0, 0.05) is 12.0 Å². The van der Waals surface area contributed by atoms with Crippen molar-refractivity contribution >= 4 is 5.78 Å². The lowest BCUT2D eigenvalue weighted by atomic mass is 9.98. The van der Waals surface area contributed by atoms with Gasteiger partial charge in [0.05, 0.1) is 0 Å². The lowest BCUT2D eigenvalue weighted by molar-refractivity contribution is 0.0982. The molecule has 19 heavy (non-hydrogen) atoms. The molecule has 0 heterocycles. The summed E-state index contributed by atoms with van der Waals surface area (Å²) in [5.41, 5.74) is 4.59. The fraction of sp³-hybridized carbons (Fsp3) is 0.278. The van der Waals surface area contributed by atoms with Crippen molar-refractivity contribution in [1.29, 1.82) is 0 Å². The summed E-state index contributed by atoms with van der Waals surface area (Å²) < 4.78 is 0. The van der Waals surface area contributed by atoms with E-state index in [-0.39, 0.29) is 5.78 Å². The SMILES string of the molecule is CCc1cccc(C(=O)CCc2ccccc2C)c1. The van der Waals surface area contributed by atoms with Gasteiger partial charge in [-0.2, -0.15) is 0 Å². The van der Waals surface area contributed by atoms with Crippen LogP contribution in [0.1, 0.15) is 40.4 Å². The highest BCUT2D eigenvalue weighted by molar-refractivity contribution is 5.96. The summed E-state index contributed by atoms with van der Waals surface area (Å²) in [6, 6.07) is 16.2. The van der Waals surface area contributed by atoms with Crippen LogP contribution in [0.4, 0.5) is 0 Å². The van der Waals surface area contributed by atoms with Crippen LogP contribution in [0.3, 0.4) is 0 Å². The van der Waals surface area contributed by atoms with Crippen molar-refractivity contribution in [1.82, 2.24) is 0 Å². The van der Waals surface area contributed by atoms with E-state index in [1.807, 2.05) is 30.3 Å². The number of hydrogen-bond donors (Lipinski definition) is 0. The van der Waals surface area contributed by atoms with Crippen molar-refractivity contribution < 1.29 is 4.79 Å². The molecule has 0 saturated heterocycles. The Bertz CT molecular complexity index is 569. The number of hydrogen-bond acceptors (Lipinski definition) is 1. The van der Waals surface area contributed by atoms with Gasteiger partial charge < -0.3 is 0 Å². The Morgan fingerprint density at radius 1 is 1.05 bits per heavy atom. The van der Waals surface area contributed by atoms with Crippen molar-refractivity contribution in [2.45, 2.75) is 33.1 Å². The second-order valence-corrected chi connectivity index (χ2v) is 4.90. The third-order valence-corrected chi connectivity index (χ3v) is 3.54. The van der Waals surface area contributed by atoms with Crippen molar-refractivity contribution in [3.63, 3.8) is 0 Å². The van der Waals surface area contributed by atoms with E-state index in [0.29, 0.717) is 6.42 Å². The average molecular weight is 252 g/mol. The predicted octanol–water partition coefficient (Wildman–Crippen LogP) is 4.37. The van der Waals surface area contributed by atoms with Gasteiger partial charge in [0.25, 0.3) is 0 Å². The Morgan fingerprint density at radius 2 is 1.84 bits per heavy atom. The zero-order valence-corrected chi connectivity index (χ0v) is 11.6. The van der Waals surface area contributed by atoms with E-state index in [1.54, 1.807) is 0 Å². The minimum absolute atomic E-state index is 0.235. The summed E-state index contributed by atoms with van der Waals surface area (Å²) in [4.78, 5) is 12.2. The van der Waals surface area contributed by atoms with E-state index >= 15 is 0 Å². The summed E-state index contributed by atoms with van der Waals surface area (Å²) in [5, 5.41) is 0. The molecule has 2 rings (SSSR count). The van der Waals surface area contributed by atoms with Gasteiger partial charge in [-0.05, 0) is 42.5 Å². The monoisotopic (exact) mass is 252 g/mol. The summed E-state index contributed by atoms with van der Waals surface area (Å²) in [6.07, 6.45) is 2.37. The smallest absolute Gasteiger partial charge is 0.163 e. The summed E-state index contributed by atoms with van der Waals surface area (Å²) >= 11 is 0. The number of ketones is 1.